The topological polar surface area (TPSA) is 38.5 Å². The molecular formula is C10H22N2O. The van der Waals surface area contributed by atoms with Crippen LogP contribution in [0.15, 0.2) is 0 Å². The minimum absolute atomic E-state index is 0.144. The van der Waals surface area contributed by atoms with Crippen LogP contribution < -0.4 is 5.73 Å². The molecule has 1 saturated heterocycles. The molecule has 0 spiro atoms. The fourth-order valence-corrected chi connectivity index (χ4v) is 2.21. The summed E-state index contributed by atoms with van der Waals surface area (Å²) in [7, 11) is 0. The summed E-state index contributed by atoms with van der Waals surface area (Å²) in [6.07, 6.45) is 2.67. The van der Waals surface area contributed by atoms with E-state index in [-0.39, 0.29) is 12.3 Å². The van der Waals surface area contributed by atoms with Crippen LogP contribution in [0, 0.1) is 0 Å². The van der Waals surface area contributed by atoms with Gasteiger partial charge in [-0.25, -0.2) is 0 Å². The van der Waals surface area contributed by atoms with E-state index in [1.165, 1.54) is 19.4 Å². The Morgan fingerprint density at radius 1 is 1.54 bits per heavy atom. The van der Waals surface area contributed by atoms with Crippen LogP contribution in [0.1, 0.15) is 33.6 Å². The normalized spacial score (nSPS) is 29.1. The van der Waals surface area contributed by atoms with Gasteiger partial charge in [0.2, 0.25) is 0 Å². The Labute approximate surface area is 81.2 Å². The number of nitrogens with two attached hydrogens (primary N) is 1. The van der Waals surface area contributed by atoms with Gasteiger partial charge < -0.3 is 10.5 Å². The maximum Gasteiger partial charge on any atom is 0.103 e. The van der Waals surface area contributed by atoms with Gasteiger partial charge >= 0.3 is 0 Å². The number of likely N-dealkylation sites (N-methyl/N-ethyl adjacent to an activating group) is 1. The van der Waals surface area contributed by atoms with E-state index >= 15 is 0 Å². The summed E-state index contributed by atoms with van der Waals surface area (Å²) in [5.41, 5.74) is 5.61. The van der Waals surface area contributed by atoms with Crippen LogP contribution in [-0.2, 0) is 4.74 Å². The van der Waals surface area contributed by atoms with Crippen molar-refractivity contribution in [3.05, 3.63) is 0 Å². The number of likely N-dealkylation sites (tertiary alicyclic amines) is 1. The van der Waals surface area contributed by atoms with Crippen molar-refractivity contribution in [1.82, 2.24) is 4.90 Å². The van der Waals surface area contributed by atoms with Crippen molar-refractivity contribution in [1.29, 1.82) is 0 Å². The Hall–Kier alpha value is -0.120. The zero-order chi connectivity index (χ0) is 9.84. The minimum Gasteiger partial charge on any atom is -0.359 e. The molecule has 0 aromatic carbocycles. The Morgan fingerprint density at radius 3 is 2.77 bits per heavy atom. The highest BCUT2D eigenvalue weighted by Gasteiger charge is 2.28. The second-order valence-corrected chi connectivity index (χ2v) is 3.88. The van der Waals surface area contributed by atoms with Crippen LogP contribution in [0.3, 0.4) is 0 Å². The highest BCUT2D eigenvalue weighted by Crippen LogP contribution is 2.21. The molecule has 1 heterocycles. The lowest BCUT2D eigenvalue weighted by Gasteiger charge is -2.29. The lowest BCUT2D eigenvalue weighted by molar-refractivity contribution is -0.0289. The van der Waals surface area contributed by atoms with Crippen LogP contribution in [0.2, 0.25) is 0 Å². The molecule has 0 aliphatic carbocycles. The van der Waals surface area contributed by atoms with Gasteiger partial charge in [0, 0.05) is 6.04 Å². The summed E-state index contributed by atoms with van der Waals surface area (Å²) >= 11 is 0. The SMILES string of the molecule is CCN1CCCC1[C@H](C)OC(C)N. The molecule has 3 heteroatoms. The monoisotopic (exact) mass is 186 g/mol. The zero-order valence-electron chi connectivity index (χ0n) is 8.99. The van der Waals surface area contributed by atoms with E-state index in [1.54, 1.807) is 0 Å². The molecule has 0 aromatic heterocycles. The first-order valence-electron chi connectivity index (χ1n) is 5.30. The van der Waals surface area contributed by atoms with Gasteiger partial charge in [-0.3, -0.25) is 4.90 Å². The molecule has 2 N–H and O–H groups in total. The van der Waals surface area contributed by atoms with E-state index in [2.05, 4.69) is 18.7 Å². The maximum absolute atomic E-state index is 5.61. The molecule has 3 nitrogen and oxygen atoms in total. The number of hydrogen-bond acceptors (Lipinski definition) is 3. The molecule has 2 unspecified atom stereocenters. The van der Waals surface area contributed by atoms with E-state index in [1.807, 2.05) is 6.92 Å². The first-order valence-corrected chi connectivity index (χ1v) is 5.30. The van der Waals surface area contributed by atoms with Crippen LogP contribution >= 0.6 is 0 Å². The molecule has 3 atom stereocenters. The van der Waals surface area contributed by atoms with E-state index < -0.39 is 0 Å². The molecule has 13 heavy (non-hydrogen) atoms. The van der Waals surface area contributed by atoms with Gasteiger partial charge in [-0.05, 0) is 39.8 Å². The van der Waals surface area contributed by atoms with Gasteiger partial charge in [-0.2, -0.15) is 0 Å². The third kappa shape index (κ3) is 2.93. The van der Waals surface area contributed by atoms with Gasteiger partial charge in [0.05, 0.1) is 6.10 Å². The molecule has 78 valence electrons. The van der Waals surface area contributed by atoms with Gasteiger partial charge in [-0.1, -0.05) is 6.92 Å². The Balaban J connectivity index is 2.40. The second kappa shape index (κ2) is 4.94. The lowest BCUT2D eigenvalue weighted by Crippen LogP contribution is -2.41. The van der Waals surface area contributed by atoms with Crippen molar-refractivity contribution in [2.45, 2.75) is 52.0 Å². The molecule has 1 fully saturated rings. The van der Waals surface area contributed by atoms with Gasteiger partial charge in [0.15, 0.2) is 0 Å². The standard InChI is InChI=1S/C10H22N2O/c1-4-12-7-5-6-10(12)8(2)13-9(3)11/h8-10H,4-7,11H2,1-3H3/t8-,9?,10?/m0/s1. The summed E-state index contributed by atoms with van der Waals surface area (Å²) in [5, 5.41) is 0. The number of rotatable bonds is 4. The van der Waals surface area contributed by atoms with Crippen molar-refractivity contribution in [2.75, 3.05) is 13.1 Å². The number of nitrogens with zero attached hydrogens (tertiary/aromatic N) is 1. The summed E-state index contributed by atoms with van der Waals surface area (Å²) in [4.78, 5) is 2.48. The molecule has 0 saturated carbocycles. The summed E-state index contributed by atoms with van der Waals surface area (Å²) < 4.78 is 5.60. The fraction of sp³-hybridized carbons (Fsp3) is 1.00. The lowest BCUT2D eigenvalue weighted by atomic mass is 10.1. The van der Waals surface area contributed by atoms with E-state index in [9.17, 15) is 0 Å². The predicted octanol–water partition coefficient (Wildman–Crippen LogP) is 1.18. The van der Waals surface area contributed by atoms with E-state index in [0.29, 0.717) is 6.04 Å². The molecule has 1 rings (SSSR count). The van der Waals surface area contributed by atoms with E-state index in [4.69, 9.17) is 10.5 Å². The molecule has 1 aliphatic heterocycles. The quantitative estimate of drug-likeness (QED) is 0.670. The van der Waals surface area contributed by atoms with Crippen molar-refractivity contribution >= 4 is 0 Å². The fourth-order valence-electron chi connectivity index (χ4n) is 2.21. The van der Waals surface area contributed by atoms with Crippen molar-refractivity contribution in [3.8, 4) is 0 Å². The molecular weight excluding hydrogens is 164 g/mol. The Morgan fingerprint density at radius 2 is 2.23 bits per heavy atom. The van der Waals surface area contributed by atoms with Crippen LogP contribution in [-0.4, -0.2) is 36.4 Å². The predicted molar refractivity (Wildman–Crippen MR) is 54.5 cm³/mol. The summed E-state index contributed by atoms with van der Waals surface area (Å²) in [6, 6.07) is 0.580. The largest absolute Gasteiger partial charge is 0.359 e. The van der Waals surface area contributed by atoms with Crippen LogP contribution in [0.25, 0.3) is 0 Å². The highest BCUT2D eigenvalue weighted by atomic mass is 16.5. The third-order valence-electron chi connectivity index (χ3n) is 2.79. The second-order valence-electron chi connectivity index (χ2n) is 3.88. The summed E-state index contributed by atoms with van der Waals surface area (Å²) in [6.45, 7) is 8.56. The smallest absolute Gasteiger partial charge is 0.103 e. The van der Waals surface area contributed by atoms with Gasteiger partial charge in [0.25, 0.3) is 0 Å². The average molecular weight is 186 g/mol. The van der Waals surface area contributed by atoms with Crippen LogP contribution in [0.5, 0.6) is 0 Å². The zero-order valence-corrected chi connectivity index (χ0v) is 8.99. The highest BCUT2D eigenvalue weighted by molar-refractivity contribution is 4.83. The number of ether oxygens (including phenoxy) is 1. The molecule has 1 aliphatic rings. The minimum atomic E-state index is -0.144. The molecule has 0 radical (unpaired) electrons. The van der Waals surface area contributed by atoms with Gasteiger partial charge in [-0.15, -0.1) is 0 Å². The van der Waals surface area contributed by atoms with Crippen LogP contribution in [0.4, 0.5) is 0 Å². The summed E-state index contributed by atoms with van der Waals surface area (Å²) in [5.74, 6) is 0. The molecule has 0 amide bonds. The first kappa shape index (κ1) is 11.0. The Bertz CT molecular complexity index is 150. The van der Waals surface area contributed by atoms with Crippen molar-refractivity contribution in [2.24, 2.45) is 5.73 Å². The first-order chi connectivity index (χ1) is 6.15. The molecule has 0 aromatic rings. The van der Waals surface area contributed by atoms with Crippen molar-refractivity contribution in [3.63, 3.8) is 0 Å². The third-order valence-corrected chi connectivity index (χ3v) is 2.79. The Kier molecular flexibility index (Phi) is 4.16. The maximum atomic E-state index is 5.61. The van der Waals surface area contributed by atoms with Gasteiger partial charge in [0.1, 0.15) is 6.23 Å². The van der Waals surface area contributed by atoms with Crippen molar-refractivity contribution < 1.29 is 4.74 Å². The van der Waals surface area contributed by atoms with E-state index in [0.717, 1.165) is 6.54 Å². The molecule has 0 bridgehead atoms. The number of hydrogen-bond donors (Lipinski definition) is 1. The average Bonchev–Trinajstić information content (AvgIpc) is 2.49.